The van der Waals surface area contributed by atoms with Crippen molar-refractivity contribution < 1.29 is 19.1 Å². The van der Waals surface area contributed by atoms with Crippen LogP contribution < -0.4 is 25.0 Å². The molecule has 178 valence electrons. The third kappa shape index (κ3) is 6.50. The molecule has 2 N–H and O–H groups in total. The van der Waals surface area contributed by atoms with Crippen LogP contribution in [0.4, 0.5) is 16.3 Å². The van der Waals surface area contributed by atoms with E-state index in [9.17, 15) is 9.59 Å². The van der Waals surface area contributed by atoms with Gasteiger partial charge < -0.3 is 29.9 Å². The van der Waals surface area contributed by atoms with Gasteiger partial charge in [-0.25, -0.2) is 9.78 Å². The van der Waals surface area contributed by atoms with Gasteiger partial charge in [-0.15, -0.1) is 0 Å². The molecule has 3 amide bonds. The molecule has 1 aromatic heterocycles. The molecule has 2 heterocycles. The first-order valence-corrected chi connectivity index (χ1v) is 11.0. The van der Waals surface area contributed by atoms with Gasteiger partial charge in [-0.05, 0) is 57.5 Å². The van der Waals surface area contributed by atoms with E-state index in [0.29, 0.717) is 42.4 Å². The topological polar surface area (TPSA) is 96.0 Å². The number of carbonyl (C=O) groups is 2. The molecule has 0 radical (unpaired) electrons. The number of aromatic nitrogens is 1. The average Bonchev–Trinajstić information content (AvgIpc) is 3.03. The van der Waals surface area contributed by atoms with E-state index in [0.717, 1.165) is 18.8 Å². The normalized spacial score (nSPS) is 14.3. The van der Waals surface area contributed by atoms with Gasteiger partial charge in [-0.3, -0.25) is 4.79 Å². The monoisotopic (exact) mass is 455 g/mol. The van der Waals surface area contributed by atoms with Gasteiger partial charge in [0.15, 0.2) is 11.5 Å². The van der Waals surface area contributed by atoms with Crippen LogP contribution in [0.5, 0.6) is 11.5 Å². The Balaban J connectivity index is 1.61. The summed E-state index contributed by atoms with van der Waals surface area (Å²) in [5, 5.41) is 5.65. The van der Waals surface area contributed by atoms with Crippen LogP contribution in [0.1, 0.15) is 37.6 Å². The van der Waals surface area contributed by atoms with Crippen LogP contribution in [-0.4, -0.2) is 67.8 Å². The SMILES string of the molecule is COc1ccc(C(=O)N2CCCN(c3ccc(NC(=O)NC(C)(C)C)cn3)CC2)cc1OC. The number of amides is 3. The number of urea groups is 1. The molecule has 0 saturated carbocycles. The maximum Gasteiger partial charge on any atom is 0.319 e. The second kappa shape index (κ2) is 10.4. The van der Waals surface area contributed by atoms with E-state index in [4.69, 9.17) is 9.47 Å². The molecular weight excluding hydrogens is 422 g/mol. The first-order chi connectivity index (χ1) is 15.7. The van der Waals surface area contributed by atoms with Gasteiger partial charge in [0.2, 0.25) is 0 Å². The number of hydrogen-bond acceptors (Lipinski definition) is 6. The number of methoxy groups -OCH3 is 2. The molecule has 0 bridgehead atoms. The van der Waals surface area contributed by atoms with Crippen LogP contribution in [0, 0.1) is 0 Å². The molecule has 0 atom stereocenters. The molecule has 0 aliphatic carbocycles. The summed E-state index contributed by atoms with van der Waals surface area (Å²) in [5.41, 5.74) is 0.882. The highest BCUT2D eigenvalue weighted by Crippen LogP contribution is 2.28. The zero-order valence-corrected chi connectivity index (χ0v) is 20.0. The Bertz CT molecular complexity index is 972. The smallest absolute Gasteiger partial charge is 0.319 e. The molecule has 3 rings (SSSR count). The fraction of sp³-hybridized carbons (Fsp3) is 0.458. The summed E-state index contributed by atoms with van der Waals surface area (Å²) >= 11 is 0. The number of pyridine rings is 1. The van der Waals surface area contributed by atoms with E-state index in [1.54, 1.807) is 38.6 Å². The van der Waals surface area contributed by atoms with Gasteiger partial charge >= 0.3 is 6.03 Å². The van der Waals surface area contributed by atoms with E-state index in [2.05, 4.69) is 20.5 Å². The average molecular weight is 456 g/mol. The molecule has 33 heavy (non-hydrogen) atoms. The number of nitrogens with one attached hydrogen (secondary N) is 2. The minimum atomic E-state index is -0.316. The third-order valence-corrected chi connectivity index (χ3v) is 5.23. The van der Waals surface area contributed by atoms with Gasteiger partial charge in [0, 0.05) is 37.3 Å². The van der Waals surface area contributed by atoms with Crippen LogP contribution in [-0.2, 0) is 0 Å². The standard InChI is InChI=1S/C24H33N5O4/c1-24(2,3)27-23(31)26-18-8-10-21(25-16-18)28-11-6-12-29(14-13-28)22(30)17-7-9-19(32-4)20(15-17)33-5/h7-10,15-16H,6,11-14H2,1-5H3,(H2,26,27,31). The van der Waals surface area contributed by atoms with Crippen LogP contribution >= 0.6 is 0 Å². The summed E-state index contributed by atoms with van der Waals surface area (Å²) < 4.78 is 10.6. The maximum atomic E-state index is 13.1. The molecule has 9 heteroatoms. The quantitative estimate of drug-likeness (QED) is 0.718. The van der Waals surface area contributed by atoms with E-state index in [1.807, 2.05) is 37.8 Å². The molecule has 1 aliphatic rings. The highest BCUT2D eigenvalue weighted by atomic mass is 16.5. The first kappa shape index (κ1) is 24.2. The highest BCUT2D eigenvalue weighted by Gasteiger charge is 2.22. The van der Waals surface area contributed by atoms with Crippen LogP contribution in [0.25, 0.3) is 0 Å². The van der Waals surface area contributed by atoms with E-state index in [-0.39, 0.29) is 17.5 Å². The maximum absolute atomic E-state index is 13.1. The largest absolute Gasteiger partial charge is 0.493 e. The van der Waals surface area contributed by atoms with Crippen molar-refractivity contribution >= 4 is 23.4 Å². The lowest BCUT2D eigenvalue weighted by atomic mass is 10.1. The van der Waals surface area contributed by atoms with Gasteiger partial charge in [-0.1, -0.05) is 0 Å². The number of rotatable bonds is 5. The summed E-state index contributed by atoms with van der Waals surface area (Å²) in [5.74, 6) is 1.91. The van der Waals surface area contributed by atoms with Crippen LogP contribution in [0.2, 0.25) is 0 Å². The minimum Gasteiger partial charge on any atom is -0.493 e. The molecule has 1 fully saturated rings. The van der Waals surface area contributed by atoms with Crippen molar-refractivity contribution in [3.05, 3.63) is 42.1 Å². The number of ether oxygens (including phenoxy) is 2. The van der Waals surface area contributed by atoms with Crippen molar-refractivity contribution in [2.75, 3.05) is 50.6 Å². The van der Waals surface area contributed by atoms with Crippen LogP contribution in [0.3, 0.4) is 0 Å². The molecule has 9 nitrogen and oxygen atoms in total. The number of anilines is 2. The molecular formula is C24H33N5O4. The summed E-state index contributed by atoms with van der Waals surface area (Å²) in [7, 11) is 3.13. The second-order valence-electron chi connectivity index (χ2n) is 8.94. The number of benzene rings is 1. The van der Waals surface area contributed by atoms with Crippen molar-refractivity contribution in [3.8, 4) is 11.5 Å². The van der Waals surface area contributed by atoms with Gasteiger partial charge in [0.1, 0.15) is 5.82 Å². The molecule has 1 aromatic carbocycles. The van der Waals surface area contributed by atoms with E-state index < -0.39 is 0 Å². The highest BCUT2D eigenvalue weighted by molar-refractivity contribution is 5.95. The Hall–Kier alpha value is -3.49. The van der Waals surface area contributed by atoms with Crippen molar-refractivity contribution in [2.24, 2.45) is 0 Å². The molecule has 1 saturated heterocycles. The number of hydrogen-bond donors (Lipinski definition) is 2. The Morgan fingerprint density at radius 3 is 2.36 bits per heavy atom. The number of carbonyl (C=O) groups excluding carboxylic acids is 2. The van der Waals surface area contributed by atoms with Gasteiger partial charge in [-0.2, -0.15) is 0 Å². The van der Waals surface area contributed by atoms with E-state index >= 15 is 0 Å². The second-order valence-corrected chi connectivity index (χ2v) is 8.94. The van der Waals surface area contributed by atoms with Crippen molar-refractivity contribution in [2.45, 2.75) is 32.7 Å². The third-order valence-electron chi connectivity index (χ3n) is 5.23. The lowest BCUT2D eigenvalue weighted by Crippen LogP contribution is -2.43. The molecule has 1 aliphatic heterocycles. The first-order valence-electron chi connectivity index (χ1n) is 11.0. The zero-order valence-electron chi connectivity index (χ0n) is 20.0. The zero-order chi connectivity index (χ0) is 24.0. The van der Waals surface area contributed by atoms with Crippen molar-refractivity contribution in [1.82, 2.24) is 15.2 Å². The molecule has 2 aromatic rings. The van der Waals surface area contributed by atoms with E-state index in [1.165, 1.54) is 0 Å². The Morgan fingerprint density at radius 2 is 1.73 bits per heavy atom. The van der Waals surface area contributed by atoms with Gasteiger partial charge in [0.25, 0.3) is 5.91 Å². The summed E-state index contributed by atoms with van der Waals surface area (Å²) in [6.45, 7) is 8.48. The predicted octanol–water partition coefficient (Wildman–Crippen LogP) is 3.37. The lowest BCUT2D eigenvalue weighted by molar-refractivity contribution is 0.0766. The minimum absolute atomic E-state index is 0.0322. The van der Waals surface area contributed by atoms with Gasteiger partial charge in [0.05, 0.1) is 26.1 Å². The summed E-state index contributed by atoms with van der Waals surface area (Å²) in [6.07, 6.45) is 2.48. The fourth-order valence-corrected chi connectivity index (χ4v) is 3.65. The van der Waals surface area contributed by atoms with Crippen LogP contribution in [0.15, 0.2) is 36.5 Å². The summed E-state index contributed by atoms with van der Waals surface area (Å²) in [6, 6.07) is 8.68. The summed E-state index contributed by atoms with van der Waals surface area (Å²) in [4.78, 5) is 33.6. The Morgan fingerprint density at radius 1 is 0.970 bits per heavy atom. The van der Waals surface area contributed by atoms with Crippen molar-refractivity contribution in [1.29, 1.82) is 0 Å². The van der Waals surface area contributed by atoms with Crippen molar-refractivity contribution in [3.63, 3.8) is 0 Å². The number of nitrogens with zero attached hydrogens (tertiary/aromatic N) is 3. The predicted molar refractivity (Wildman–Crippen MR) is 128 cm³/mol. The molecule has 0 unspecified atom stereocenters. The fourth-order valence-electron chi connectivity index (χ4n) is 3.65. The lowest BCUT2D eigenvalue weighted by Gasteiger charge is -2.23. The Kier molecular flexibility index (Phi) is 7.63. The Labute approximate surface area is 195 Å². The molecule has 0 spiro atoms.